The fourth-order valence-corrected chi connectivity index (χ4v) is 2.44. The monoisotopic (exact) mass is 373 g/mol. The van der Waals surface area contributed by atoms with Gasteiger partial charge in [0.1, 0.15) is 11.6 Å². The maximum Gasteiger partial charge on any atom is 0.338 e. The number of aryl methyl sites for hydroxylation is 1. The molecule has 1 aromatic heterocycles. The number of carbonyl (C=O) groups is 1. The van der Waals surface area contributed by atoms with Crippen LogP contribution in [0.2, 0.25) is 0 Å². The summed E-state index contributed by atoms with van der Waals surface area (Å²) in [6.45, 7) is 3.34. The van der Waals surface area contributed by atoms with E-state index in [0.29, 0.717) is 22.4 Å². The number of methoxy groups -OCH3 is 1. The number of esters is 1. The standard InChI is InChI=1S/C19H17F2N3O3/c1-10-4-5-12(6-14(10)20)18-23-17(27-24-18)9-22-16-8-13(19(25)26-3)7-15(21)11(16)2/h4-8,22H,9H2,1-3H3. The van der Waals surface area contributed by atoms with Gasteiger partial charge in [-0.25, -0.2) is 13.6 Å². The van der Waals surface area contributed by atoms with Gasteiger partial charge < -0.3 is 14.6 Å². The highest BCUT2D eigenvalue weighted by atomic mass is 19.1. The molecule has 0 unspecified atom stereocenters. The van der Waals surface area contributed by atoms with Crippen LogP contribution in [0.4, 0.5) is 14.5 Å². The highest BCUT2D eigenvalue weighted by Gasteiger charge is 2.14. The normalized spacial score (nSPS) is 10.7. The molecule has 0 aliphatic rings. The van der Waals surface area contributed by atoms with Crippen LogP contribution in [0.15, 0.2) is 34.9 Å². The Morgan fingerprint density at radius 3 is 2.67 bits per heavy atom. The van der Waals surface area contributed by atoms with Crippen LogP contribution in [-0.4, -0.2) is 23.2 Å². The number of carbonyl (C=O) groups excluding carboxylic acids is 1. The molecule has 0 amide bonds. The summed E-state index contributed by atoms with van der Waals surface area (Å²) in [7, 11) is 1.22. The van der Waals surface area contributed by atoms with Crippen LogP contribution < -0.4 is 5.32 Å². The molecule has 0 saturated carbocycles. The number of nitrogens with zero attached hydrogens (tertiary/aromatic N) is 2. The molecule has 0 bridgehead atoms. The van der Waals surface area contributed by atoms with E-state index in [2.05, 4.69) is 20.2 Å². The minimum Gasteiger partial charge on any atom is -0.465 e. The molecule has 0 fully saturated rings. The van der Waals surface area contributed by atoms with Gasteiger partial charge in [0.05, 0.1) is 19.2 Å². The lowest BCUT2D eigenvalue weighted by Gasteiger charge is -2.10. The van der Waals surface area contributed by atoms with Gasteiger partial charge >= 0.3 is 5.97 Å². The molecular formula is C19H17F2N3O3. The van der Waals surface area contributed by atoms with Crippen molar-refractivity contribution in [3.63, 3.8) is 0 Å². The molecule has 0 radical (unpaired) electrons. The maximum absolute atomic E-state index is 14.0. The minimum absolute atomic E-state index is 0.0875. The number of ether oxygens (including phenoxy) is 1. The van der Waals surface area contributed by atoms with Crippen molar-refractivity contribution in [2.45, 2.75) is 20.4 Å². The minimum atomic E-state index is -0.640. The molecule has 2 aromatic carbocycles. The third-order valence-electron chi connectivity index (χ3n) is 4.09. The lowest BCUT2D eigenvalue weighted by Crippen LogP contribution is -2.07. The molecule has 1 heterocycles. The molecule has 0 spiro atoms. The van der Waals surface area contributed by atoms with Crippen LogP contribution in [0.1, 0.15) is 27.4 Å². The Hall–Kier alpha value is -3.29. The van der Waals surface area contributed by atoms with Gasteiger partial charge in [0.15, 0.2) is 0 Å². The van der Waals surface area contributed by atoms with E-state index < -0.39 is 11.8 Å². The molecule has 3 rings (SSSR count). The van der Waals surface area contributed by atoms with Gasteiger partial charge in [-0.1, -0.05) is 17.3 Å². The summed E-state index contributed by atoms with van der Waals surface area (Å²) in [6, 6.07) is 7.25. The summed E-state index contributed by atoms with van der Waals surface area (Å²) in [6.07, 6.45) is 0. The van der Waals surface area contributed by atoms with Crippen molar-refractivity contribution in [1.82, 2.24) is 10.1 Å². The SMILES string of the molecule is COC(=O)c1cc(F)c(C)c(NCc2nc(-c3ccc(C)c(F)c3)no2)c1. The molecule has 0 saturated heterocycles. The molecule has 0 atom stereocenters. The van der Waals surface area contributed by atoms with Crippen LogP contribution in [-0.2, 0) is 11.3 Å². The van der Waals surface area contributed by atoms with Crippen LogP contribution in [0, 0.1) is 25.5 Å². The molecule has 0 aliphatic carbocycles. The Kier molecular flexibility index (Phi) is 5.16. The van der Waals surface area contributed by atoms with Crippen LogP contribution >= 0.6 is 0 Å². The van der Waals surface area contributed by atoms with E-state index in [0.717, 1.165) is 6.07 Å². The van der Waals surface area contributed by atoms with Gasteiger partial charge in [0.25, 0.3) is 0 Å². The first-order valence-corrected chi connectivity index (χ1v) is 8.10. The second kappa shape index (κ2) is 7.53. The van der Waals surface area contributed by atoms with Gasteiger partial charge in [-0.15, -0.1) is 0 Å². The van der Waals surface area contributed by atoms with Gasteiger partial charge in [-0.3, -0.25) is 0 Å². The second-order valence-electron chi connectivity index (χ2n) is 5.95. The molecule has 1 N–H and O–H groups in total. The van der Waals surface area contributed by atoms with Gasteiger partial charge in [0.2, 0.25) is 11.7 Å². The number of halogens is 2. The zero-order chi connectivity index (χ0) is 19.6. The van der Waals surface area contributed by atoms with Gasteiger partial charge in [0, 0.05) is 16.8 Å². The number of benzene rings is 2. The summed E-state index contributed by atoms with van der Waals surface area (Å²) < 4.78 is 37.5. The number of hydrogen-bond acceptors (Lipinski definition) is 6. The predicted molar refractivity (Wildman–Crippen MR) is 94.2 cm³/mol. The topological polar surface area (TPSA) is 77.2 Å². The third kappa shape index (κ3) is 3.94. The van der Waals surface area contributed by atoms with E-state index in [9.17, 15) is 13.6 Å². The van der Waals surface area contributed by atoms with Crippen molar-refractivity contribution < 1.29 is 22.8 Å². The number of nitrogens with one attached hydrogen (secondary N) is 1. The zero-order valence-corrected chi connectivity index (χ0v) is 15.0. The molecule has 140 valence electrons. The Morgan fingerprint density at radius 1 is 1.19 bits per heavy atom. The molecule has 0 aliphatic heterocycles. The summed E-state index contributed by atoms with van der Waals surface area (Å²) >= 11 is 0. The Balaban J connectivity index is 1.78. The van der Waals surface area contributed by atoms with Crippen LogP contribution in [0.5, 0.6) is 0 Å². The van der Waals surface area contributed by atoms with Gasteiger partial charge in [-0.05, 0) is 37.6 Å². The highest BCUT2D eigenvalue weighted by molar-refractivity contribution is 5.90. The van der Waals surface area contributed by atoms with Crippen molar-refractivity contribution in [2.75, 3.05) is 12.4 Å². The number of anilines is 1. The third-order valence-corrected chi connectivity index (χ3v) is 4.09. The lowest BCUT2D eigenvalue weighted by molar-refractivity contribution is 0.0600. The maximum atomic E-state index is 14.0. The number of rotatable bonds is 5. The van der Waals surface area contributed by atoms with E-state index >= 15 is 0 Å². The van der Waals surface area contributed by atoms with E-state index in [1.54, 1.807) is 26.0 Å². The van der Waals surface area contributed by atoms with Crippen molar-refractivity contribution in [2.24, 2.45) is 0 Å². The smallest absolute Gasteiger partial charge is 0.338 e. The largest absolute Gasteiger partial charge is 0.465 e. The van der Waals surface area contributed by atoms with E-state index in [-0.39, 0.29) is 29.6 Å². The first kappa shape index (κ1) is 18.5. The van der Waals surface area contributed by atoms with E-state index in [1.807, 2.05) is 0 Å². The summed E-state index contributed by atoms with van der Waals surface area (Å²) in [5.41, 5.74) is 1.83. The van der Waals surface area contributed by atoms with Crippen molar-refractivity contribution in [1.29, 1.82) is 0 Å². The van der Waals surface area contributed by atoms with Crippen LogP contribution in [0.3, 0.4) is 0 Å². The number of hydrogen-bond donors (Lipinski definition) is 1. The lowest BCUT2D eigenvalue weighted by atomic mass is 10.1. The van der Waals surface area contributed by atoms with Crippen molar-refractivity contribution >= 4 is 11.7 Å². The molecule has 27 heavy (non-hydrogen) atoms. The number of aromatic nitrogens is 2. The van der Waals surface area contributed by atoms with E-state index in [4.69, 9.17) is 4.52 Å². The first-order valence-electron chi connectivity index (χ1n) is 8.10. The predicted octanol–water partition coefficient (Wildman–Crippen LogP) is 4.03. The molecular weight excluding hydrogens is 356 g/mol. The molecule has 6 nitrogen and oxygen atoms in total. The zero-order valence-electron chi connectivity index (χ0n) is 15.0. The van der Waals surface area contributed by atoms with Gasteiger partial charge in [-0.2, -0.15) is 4.98 Å². The summed E-state index contributed by atoms with van der Waals surface area (Å²) in [4.78, 5) is 15.8. The molecule has 8 heteroatoms. The fourth-order valence-electron chi connectivity index (χ4n) is 2.44. The highest BCUT2D eigenvalue weighted by Crippen LogP contribution is 2.23. The Morgan fingerprint density at radius 2 is 1.96 bits per heavy atom. The summed E-state index contributed by atoms with van der Waals surface area (Å²) in [5, 5.41) is 6.78. The van der Waals surface area contributed by atoms with Crippen molar-refractivity contribution in [3.8, 4) is 11.4 Å². The first-order chi connectivity index (χ1) is 12.9. The second-order valence-corrected chi connectivity index (χ2v) is 5.95. The summed E-state index contributed by atoms with van der Waals surface area (Å²) in [5.74, 6) is -1.06. The van der Waals surface area contributed by atoms with E-state index in [1.165, 1.54) is 19.2 Å². The Labute approximate surface area is 154 Å². The molecule has 3 aromatic rings. The van der Waals surface area contributed by atoms with Crippen molar-refractivity contribution in [3.05, 3.63) is 64.5 Å². The average molecular weight is 373 g/mol. The fraction of sp³-hybridized carbons (Fsp3) is 0.211. The quantitative estimate of drug-likeness (QED) is 0.681. The Bertz CT molecular complexity index is 1000. The average Bonchev–Trinajstić information content (AvgIpc) is 3.13. The van der Waals surface area contributed by atoms with Crippen LogP contribution in [0.25, 0.3) is 11.4 Å².